The second kappa shape index (κ2) is 3.62. The molecule has 2 nitrogen and oxygen atoms in total. The number of nitrogens with one attached hydrogen (secondary N) is 1. The van der Waals surface area contributed by atoms with E-state index in [9.17, 15) is 0 Å². The second-order valence-corrected chi connectivity index (χ2v) is 4.68. The summed E-state index contributed by atoms with van der Waals surface area (Å²) < 4.78 is 0. The molecule has 0 radical (unpaired) electrons. The lowest BCUT2D eigenvalue weighted by atomic mass is 10.00. The van der Waals surface area contributed by atoms with Gasteiger partial charge in [0, 0.05) is 12.2 Å². The van der Waals surface area contributed by atoms with Crippen molar-refractivity contribution in [3.63, 3.8) is 0 Å². The van der Waals surface area contributed by atoms with Crippen LogP contribution in [0.2, 0.25) is 5.15 Å². The summed E-state index contributed by atoms with van der Waals surface area (Å²) in [5.74, 6) is 0.802. The smallest absolute Gasteiger partial charge is 0.129 e. The normalized spacial score (nSPS) is 29.0. The van der Waals surface area contributed by atoms with Gasteiger partial charge in [0.25, 0.3) is 0 Å². The van der Waals surface area contributed by atoms with Crippen molar-refractivity contribution >= 4 is 17.2 Å². The molecule has 1 aliphatic carbocycles. The van der Waals surface area contributed by atoms with Crippen LogP contribution in [0.5, 0.6) is 0 Å². The molecule has 0 unspecified atom stereocenters. The first kappa shape index (κ1) is 9.37. The van der Waals surface area contributed by atoms with E-state index in [1.54, 1.807) is 0 Å². The Hall–Kier alpha value is -0.860. The fraction of sp³-hybridized carbons (Fsp3) is 0.417. The third-order valence-electron chi connectivity index (χ3n) is 3.36. The molecular formula is C12H13ClN2. The number of aromatic nitrogens is 1. The van der Waals surface area contributed by atoms with Crippen LogP contribution in [0.15, 0.2) is 24.4 Å². The van der Waals surface area contributed by atoms with Crippen molar-refractivity contribution in [2.75, 3.05) is 6.54 Å². The molecule has 3 rings (SSSR count). The molecule has 1 aromatic rings. The number of hydrogen-bond acceptors (Lipinski definition) is 2. The molecule has 0 aromatic carbocycles. The Morgan fingerprint density at radius 3 is 3.07 bits per heavy atom. The fourth-order valence-corrected chi connectivity index (χ4v) is 2.66. The van der Waals surface area contributed by atoms with Crippen LogP contribution in [-0.4, -0.2) is 17.6 Å². The van der Waals surface area contributed by atoms with Crippen LogP contribution in [-0.2, 0) is 0 Å². The maximum absolute atomic E-state index is 5.77. The minimum atomic E-state index is 0.565. The van der Waals surface area contributed by atoms with Crippen LogP contribution in [0.1, 0.15) is 18.4 Å². The van der Waals surface area contributed by atoms with Gasteiger partial charge in [0.15, 0.2) is 0 Å². The van der Waals surface area contributed by atoms with Crippen LogP contribution < -0.4 is 5.32 Å². The van der Waals surface area contributed by atoms with E-state index >= 15 is 0 Å². The van der Waals surface area contributed by atoms with Gasteiger partial charge in [-0.2, -0.15) is 0 Å². The molecule has 2 atom stereocenters. The summed E-state index contributed by atoms with van der Waals surface area (Å²) in [6.45, 7) is 1.16. The number of allylic oxidation sites excluding steroid dienone is 1. The van der Waals surface area contributed by atoms with Crippen LogP contribution in [0.25, 0.3) is 5.57 Å². The third-order valence-corrected chi connectivity index (χ3v) is 3.59. The Morgan fingerprint density at radius 2 is 2.33 bits per heavy atom. The molecule has 15 heavy (non-hydrogen) atoms. The lowest BCUT2D eigenvalue weighted by Gasteiger charge is -2.06. The van der Waals surface area contributed by atoms with Crippen molar-refractivity contribution in [3.05, 3.63) is 35.1 Å². The number of pyridine rings is 1. The average Bonchev–Trinajstić information content (AvgIpc) is 2.78. The Balaban J connectivity index is 1.87. The molecule has 78 valence electrons. The van der Waals surface area contributed by atoms with E-state index in [1.807, 2.05) is 12.3 Å². The Labute approximate surface area is 94.4 Å². The summed E-state index contributed by atoms with van der Waals surface area (Å²) in [4.78, 5) is 4.12. The van der Waals surface area contributed by atoms with Gasteiger partial charge >= 0.3 is 0 Å². The molecule has 0 bridgehead atoms. The largest absolute Gasteiger partial charge is 0.310 e. The van der Waals surface area contributed by atoms with Crippen LogP contribution in [0.3, 0.4) is 0 Å². The maximum Gasteiger partial charge on any atom is 0.129 e. The standard InChI is InChI=1S/C12H13ClN2/c13-12-2-1-9(7-15-12)10-5-8-3-4-14-11(8)6-10/h1-2,6-8,11,14H,3-5H2/t8-,11+/m0/s1. The summed E-state index contributed by atoms with van der Waals surface area (Å²) in [5.41, 5.74) is 2.64. The monoisotopic (exact) mass is 220 g/mol. The van der Waals surface area contributed by atoms with Crippen molar-refractivity contribution in [2.24, 2.45) is 5.92 Å². The highest BCUT2D eigenvalue weighted by molar-refractivity contribution is 6.29. The minimum Gasteiger partial charge on any atom is -0.310 e. The second-order valence-electron chi connectivity index (χ2n) is 4.29. The summed E-state index contributed by atoms with van der Waals surface area (Å²) in [5, 5.41) is 4.07. The number of halogens is 1. The summed E-state index contributed by atoms with van der Waals surface area (Å²) in [7, 11) is 0. The number of nitrogens with zero attached hydrogens (tertiary/aromatic N) is 1. The van der Waals surface area contributed by atoms with Crippen molar-refractivity contribution in [1.82, 2.24) is 10.3 Å². The molecule has 2 aliphatic rings. The number of hydrogen-bond donors (Lipinski definition) is 1. The van der Waals surface area contributed by atoms with E-state index in [-0.39, 0.29) is 0 Å². The quantitative estimate of drug-likeness (QED) is 0.736. The Bertz CT molecular complexity index is 397. The van der Waals surface area contributed by atoms with Gasteiger partial charge in [0.1, 0.15) is 5.15 Å². The predicted octanol–water partition coefficient (Wildman–Crippen LogP) is 2.50. The van der Waals surface area contributed by atoms with E-state index < -0.39 is 0 Å². The molecule has 1 aromatic heterocycles. The Morgan fingerprint density at radius 1 is 1.40 bits per heavy atom. The minimum absolute atomic E-state index is 0.565. The molecule has 3 heteroatoms. The SMILES string of the molecule is Clc1ccc(C2=C[C@H]3NCC[C@H]3C2)cn1. The zero-order valence-corrected chi connectivity index (χ0v) is 9.17. The van der Waals surface area contributed by atoms with Crippen molar-refractivity contribution < 1.29 is 0 Å². The van der Waals surface area contributed by atoms with Crippen molar-refractivity contribution in [1.29, 1.82) is 0 Å². The molecule has 1 fully saturated rings. The summed E-state index contributed by atoms with van der Waals surface area (Å²) in [6.07, 6.45) is 6.70. The molecule has 0 amide bonds. The first-order valence-corrected chi connectivity index (χ1v) is 5.77. The lowest BCUT2D eigenvalue weighted by Crippen LogP contribution is -2.20. The highest BCUT2D eigenvalue weighted by Crippen LogP contribution is 2.36. The fourth-order valence-electron chi connectivity index (χ4n) is 2.55. The molecular weight excluding hydrogens is 208 g/mol. The van der Waals surface area contributed by atoms with Gasteiger partial charge in [0.05, 0.1) is 0 Å². The van der Waals surface area contributed by atoms with E-state index in [2.05, 4.69) is 22.4 Å². The van der Waals surface area contributed by atoms with Gasteiger partial charge in [0.2, 0.25) is 0 Å². The zero-order chi connectivity index (χ0) is 10.3. The van der Waals surface area contributed by atoms with Gasteiger partial charge in [-0.3, -0.25) is 0 Å². The summed E-state index contributed by atoms with van der Waals surface area (Å²) >= 11 is 5.77. The van der Waals surface area contributed by atoms with E-state index in [0.29, 0.717) is 11.2 Å². The molecule has 1 aliphatic heterocycles. The highest BCUT2D eigenvalue weighted by Gasteiger charge is 2.31. The summed E-state index contributed by atoms with van der Waals surface area (Å²) in [6, 6.07) is 4.51. The van der Waals surface area contributed by atoms with Crippen molar-refractivity contribution in [2.45, 2.75) is 18.9 Å². The van der Waals surface area contributed by atoms with Gasteiger partial charge in [-0.1, -0.05) is 23.7 Å². The molecule has 2 heterocycles. The van der Waals surface area contributed by atoms with Gasteiger partial charge in [-0.25, -0.2) is 4.98 Å². The lowest BCUT2D eigenvalue weighted by molar-refractivity contribution is 0.553. The van der Waals surface area contributed by atoms with E-state index in [1.165, 1.54) is 24.0 Å². The van der Waals surface area contributed by atoms with Gasteiger partial charge < -0.3 is 5.32 Å². The molecule has 0 saturated carbocycles. The molecule has 1 N–H and O–H groups in total. The Kier molecular flexibility index (Phi) is 2.26. The van der Waals surface area contributed by atoms with Gasteiger partial charge in [-0.15, -0.1) is 0 Å². The van der Waals surface area contributed by atoms with Crippen LogP contribution in [0, 0.1) is 5.92 Å². The third kappa shape index (κ3) is 1.68. The topological polar surface area (TPSA) is 24.9 Å². The van der Waals surface area contributed by atoms with Crippen LogP contribution in [0.4, 0.5) is 0 Å². The predicted molar refractivity (Wildman–Crippen MR) is 61.7 cm³/mol. The molecule has 0 spiro atoms. The number of fused-ring (bicyclic) bond motifs is 1. The average molecular weight is 221 g/mol. The highest BCUT2D eigenvalue weighted by atomic mass is 35.5. The maximum atomic E-state index is 5.77. The van der Waals surface area contributed by atoms with E-state index in [4.69, 9.17) is 11.6 Å². The zero-order valence-electron chi connectivity index (χ0n) is 8.41. The first-order valence-electron chi connectivity index (χ1n) is 5.39. The van der Waals surface area contributed by atoms with Gasteiger partial charge in [-0.05, 0) is 42.5 Å². The van der Waals surface area contributed by atoms with Crippen LogP contribution >= 0.6 is 11.6 Å². The van der Waals surface area contributed by atoms with E-state index in [0.717, 1.165) is 12.5 Å². The number of rotatable bonds is 1. The van der Waals surface area contributed by atoms with Crippen molar-refractivity contribution in [3.8, 4) is 0 Å². The molecule has 1 saturated heterocycles. The first-order chi connectivity index (χ1) is 7.33.